The molecule has 0 bridgehead atoms. The van der Waals surface area contributed by atoms with Gasteiger partial charge in [0.1, 0.15) is 11.4 Å². The molecule has 0 saturated carbocycles. The highest BCUT2D eigenvalue weighted by atomic mass is 79.9. The summed E-state index contributed by atoms with van der Waals surface area (Å²) in [4.78, 5) is 22.8. The molecule has 0 aliphatic carbocycles. The zero-order valence-corrected chi connectivity index (χ0v) is 16.5. The molecule has 0 radical (unpaired) electrons. The number of rotatable bonds is 6. The van der Waals surface area contributed by atoms with Crippen molar-refractivity contribution in [3.8, 4) is 5.75 Å². The molecule has 0 atom stereocenters. The number of benzene rings is 1. The molecule has 0 unspecified atom stereocenters. The molecule has 1 aromatic rings. The molecular formula is C17H27BrN2O4. The number of amides is 2. The highest BCUT2D eigenvalue weighted by Crippen LogP contribution is 2.22. The quantitative estimate of drug-likeness (QED) is 0.706. The number of alkyl carbamates (subject to hydrolysis) is 1. The molecule has 7 heteroatoms. The van der Waals surface area contributed by atoms with E-state index in [1.165, 1.54) is 0 Å². The molecule has 0 saturated heterocycles. The van der Waals surface area contributed by atoms with Gasteiger partial charge < -0.3 is 20.5 Å². The van der Waals surface area contributed by atoms with Crippen LogP contribution in [0.4, 0.5) is 4.79 Å². The summed E-state index contributed by atoms with van der Waals surface area (Å²) >= 11 is 3.27. The Balaban J connectivity index is 0.00000254. The number of nitrogens with two attached hydrogens (primary N) is 1. The van der Waals surface area contributed by atoms with Gasteiger partial charge in [-0.05, 0) is 45.4 Å². The fourth-order valence-electron chi connectivity index (χ4n) is 1.58. The molecule has 0 heterocycles. The minimum Gasteiger partial charge on any atom is -0.493 e. The van der Waals surface area contributed by atoms with E-state index in [0.29, 0.717) is 30.9 Å². The van der Waals surface area contributed by atoms with Gasteiger partial charge in [-0.1, -0.05) is 29.8 Å². The summed E-state index contributed by atoms with van der Waals surface area (Å²) < 4.78 is 11.4. The number of carbonyl (C=O) groups is 2. The Bertz CT molecular complexity index is 542. The van der Waals surface area contributed by atoms with Crippen LogP contribution in [0.3, 0.4) is 0 Å². The van der Waals surface area contributed by atoms with Gasteiger partial charge >= 0.3 is 6.09 Å². The topological polar surface area (TPSA) is 90.7 Å². The number of primary amides is 1. The van der Waals surface area contributed by atoms with E-state index in [1.807, 2.05) is 13.8 Å². The van der Waals surface area contributed by atoms with Crippen LogP contribution in [0.1, 0.15) is 51.4 Å². The summed E-state index contributed by atoms with van der Waals surface area (Å²) in [5.74, 6) is -0.129. The molecule has 24 heavy (non-hydrogen) atoms. The van der Waals surface area contributed by atoms with Gasteiger partial charge in [0.25, 0.3) is 5.91 Å². The van der Waals surface area contributed by atoms with Gasteiger partial charge in [0, 0.05) is 11.0 Å². The second-order valence-corrected chi connectivity index (χ2v) is 6.55. The van der Waals surface area contributed by atoms with Gasteiger partial charge in [0.05, 0.1) is 12.2 Å². The van der Waals surface area contributed by atoms with Gasteiger partial charge in [-0.25, -0.2) is 4.79 Å². The lowest BCUT2D eigenvalue weighted by Gasteiger charge is -2.19. The third kappa shape index (κ3) is 9.39. The Morgan fingerprint density at radius 1 is 1.25 bits per heavy atom. The van der Waals surface area contributed by atoms with Gasteiger partial charge in [-0.15, -0.1) is 0 Å². The molecule has 1 rings (SSSR count). The standard InChI is InChI=1S/C15H21BrN2O4.C2H6/c1-15(2,3)22-14(20)18-7-4-8-21-12-6-5-10(16)9-11(12)13(17)19;1-2/h5-6,9H,4,7-8H2,1-3H3,(H2,17,19)(H,18,20);1-2H3. The maximum absolute atomic E-state index is 11.4. The molecule has 3 N–H and O–H groups in total. The maximum Gasteiger partial charge on any atom is 0.407 e. The SMILES string of the molecule is CC.CC(C)(C)OC(=O)NCCCOc1ccc(Br)cc1C(N)=O. The van der Waals surface area contributed by atoms with Crippen LogP contribution < -0.4 is 15.8 Å². The predicted octanol–water partition coefficient (Wildman–Crippen LogP) is 3.87. The first-order chi connectivity index (χ1) is 11.2. The average Bonchev–Trinajstić information content (AvgIpc) is 2.48. The summed E-state index contributed by atoms with van der Waals surface area (Å²) in [5.41, 5.74) is 5.09. The number of nitrogens with one attached hydrogen (secondary N) is 1. The van der Waals surface area contributed by atoms with E-state index in [1.54, 1.807) is 39.0 Å². The lowest BCUT2D eigenvalue weighted by Crippen LogP contribution is -2.33. The number of halogens is 1. The highest BCUT2D eigenvalue weighted by Gasteiger charge is 2.15. The first-order valence-electron chi connectivity index (χ1n) is 7.88. The summed E-state index contributed by atoms with van der Waals surface area (Å²) in [6.45, 7) is 10.2. The molecule has 0 aromatic heterocycles. The number of hydrogen-bond acceptors (Lipinski definition) is 4. The summed E-state index contributed by atoms with van der Waals surface area (Å²) in [5, 5.41) is 2.63. The van der Waals surface area contributed by atoms with Crippen molar-refractivity contribution >= 4 is 27.9 Å². The zero-order valence-electron chi connectivity index (χ0n) is 14.9. The van der Waals surface area contributed by atoms with Crippen LogP contribution in [0.2, 0.25) is 0 Å². The minimum absolute atomic E-state index is 0.314. The molecule has 6 nitrogen and oxygen atoms in total. The van der Waals surface area contributed by atoms with Crippen molar-refractivity contribution < 1.29 is 19.1 Å². The van der Waals surface area contributed by atoms with Crippen molar-refractivity contribution in [3.63, 3.8) is 0 Å². The maximum atomic E-state index is 11.4. The van der Waals surface area contributed by atoms with Crippen molar-refractivity contribution in [1.29, 1.82) is 0 Å². The summed E-state index contributed by atoms with van der Waals surface area (Å²) in [6.07, 6.45) is 0.113. The van der Waals surface area contributed by atoms with Crippen LogP contribution in [0, 0.1) is 0 Å². The lowest BCUT2D eigenvalue weighted by atomic mass is 10.2. The third-order valence-electron chi connectivity index (χ3n) is 2.45. The molecule has 1 aromatic carbocycles. The van der Waals surface area contributed by atoms with E-state index in [2.05, 4.69) is 21.2 Å². The van der Waals surface area contributed by atoms with Crippen LogP contribution in [-0.2, 0) is 4.74 Å². The zero-order chi connectivity index (χ0) is 18.8. The van der Waals surface area contributed by atoms with Crippen molar-refractivity contribution in [2.24, 2.45) is 5.73 Å². The molecular weight excluding hydrogens is 376 g/mol. The first-order valence-corrected chi connectivity index (χ1v) is 8.67. The Kier molecular flexibility index (Phi) is 10.1. The second kappa shape index (κ2) is 10.9. The second-order valence-electron chi connectivity index (χ2n) is 5.64. The molecule has 0 fully saturated rings. The van der Waals surface area contributed by atoms with E-state index in [0.717, 1.165) is 4.47 Å². The van der Waals surface area contributed by atoms with Crippen molar-refractivity contribution in [1.82, 2.24) is 5.32 Å². The summed E-state index contributed by atoms with van der Waals surface area (Å²) in [7, 11) is 0. The number of carbonyl (C=O) groups excluding carboxylic acids is 2. The first kappa shape index (κ1) is 22.2. The molecule has 0 spiro atoms. The minimum atomic E-state index is -0.553. The van der Waals surface area contributed by atoms with Crippen molar-refractivity contribution in [2.75, 3.05) is 13.2 Å². The smallest absolute Gasteiger partial charge is 0.407 e. The van der Waals surface area contributed by atoms with Crippen LogP contribution in [-0.4, -0.2) is 30.8 Å². The summed E-state index contributed by atoms with van der Waals surface area (Å²) in [6, 6.07) is 5.04. The van der Waals surface area contributed by atoms with Gasteiger partial charge in [-0.3, -0.25) is 4.79 Å². The van der Waals surface area contributed by atoms with Crippen LogP contribution in [0.5, 0.6) is 5.75 Å². The molecule has 136 valence electrons. The normalized spacial score (nSPS) is 10.2. The lowest BCUT2D eigenvalue weighted by molar-refractivity contribution is 0.0525. The van der Waals surface area contributed by atoms with E-state index in [4.69, 9.17) is 15.2 Å². The molecule has 0 aliphatic heterocycles. The van der Waals surface area contributed by atoms with Crippen molar-refractivity contribution in [3.05, 3.63) is 28.2 Å². The predicted molar refractivity (Wildman–Crippen MR) is 98.4 cm³/mol. The van der Waals surface area contributed by atoms with Gasteiger partial charge in [-0.2, -0.15) is 0 Å². The monoisotopic (exact) mass is 402 g/mol. The van der Waals surface area contributed by atoms with Crippen LogP contribution in [0.15, 0.2) is 22.7 Å². The molecule has 2 amide bonds. The van der Waals surface area contributed by atoms with Gasteiger partial charge in [0.15, 0.2) is 0 Å². The Hall–Kier alpha value is -1.76. The largest absolute Gasteiger partial charge is 0.493 e. The highest BCUT2D eigenvalue weighted by molar-refractivity contribution is 9.10. The van der Waals surface area contributed by atoms with E-state index < -0.39 is 17.6 Å². The third-order valence-corrected chi connectivity index (χ3v) is 2.95. The van der Waals surface area contributed by atoms with E-state index in [9.17, 15) is 9.59 Å². The average molecular weight is 403 g/mol. The van der Waals surface area contributed by atoms with Crippen LogP contribution >= 0.6 is 15.9 Å². The Morgan fingerprint density at radius 3 is 2.42 bits per heavy atom. The number of ether oxygens (including phenoxy) is 2. The molecule has 0 aliphatic rings. The van der Waals surface area contributed by atoms with E-state index in [-0.39, 0.29) is 0 Å². The van der Waals surface area contributed by atoms with Gasteiger partial charge in [0.2, 0.25) is 0 Å². The van der Waals surface area contributed by atoms with E-state index >= 15 is 0 Å². The van der Waals surface area contributed by atoms with Crippen LogP contribution in [0.25, 0.3) is 0 Å². The van der Waals surface area contributed by atoms with Crippen molar-refractivity contribution in [2.45, 2.75) is 46.6 Å². The Morgan fingerprint density at radius 2 is 1.88 bits per heavy atom. The number of hydrogen-bond donors (Lipinski definition) is 2. The fourth-order valence-corrected chi connectivity index (χ4v) is 1.94. The Labute approximate surface area is 152 Å². The fraction of sp³-hybridized carbons (Fsp3) is 0.529.